The standard InChI is InChI=1S/C26H29N3O2/c1-18(25(30)28-15-9-3-4-10-16-28)29-24(20-12-5-6-13-21(20)26(29)31)22-17-27(2)23-14-8-7-11-19(22)23/h5-8,11-14,17-18,24H,3-4,9-10,15-16H2,1-2H3/t18-,24+/m1/s1. The number of amides is 2. The highest BCUT2D eigenvalue weighted by molar-refractivity contribution is 6.03. The van der Waals surface area contributed by atoms with Gasteiger partial charge < -0.3 is 14.4 Å². The normalized spacial score (nSPS) is 20.1. The number of hydrogen-bond donors (Lipinski definition) is 0. The van der Waals surface area contributed by atoms with Gasteiger partial charge in [0.1, 0.15) is 6.04 Å². The first-order valence-electron chi connectivity index (χ1n) is 11.3. The highest BCUT2D eigenvalue weighted by Gasteiger charge is 2.44. The summed E-state index contributed by atoms with van der Waals surface area (Å²) < 4.78 is 2.11. The molecule has 0 spiro atoms. The molecule has 1 saturated heterocycles. The predicted molar refractivity (Wildman–Crippen MR) is 122 cm³/mol. The van der Waals surface area contributed by atoms with Gasteiger partial charge in [0.2, 0.25) is 5.91 Å². The van der Waals surface area contributed by atoms with Gasteiger partial charge in [0.15, 0.2) is 0 Å². The maximum atomic E-state index is 13.6. The lowest BCUT2D eigenvalue weighted by atomic mass is 9.97. The van der Waals surface area contributed by atoms with Gasteiger partial charge in [-0.15, -0.1) is 0 Å². The number of hydrogen-bond acceptors (Lipinski definition) is 2. The van der Waals surface area contributed by atoms with Gasteiger partial charge in [0.05, 0.1) is 6.04 Å². The van der Waals surface area contributed by atoms with Crippen molar-refractivity contribution >= 4 is 22.7 Å². The monoisotopic (exact) mass is 415 g/mol. The SMILES string of the molecule is C[C@H](C(=O)N1CCCCCC1)N1C(=O)c2ccccc2[C@H]1c1cn(C)c2ccccc12. The Bertz CT molecular complexity index is 1140. The molecule has 3 aromatic rings. The van der Waals surface area contributed by atoms with Crippen molar-refractivity contribution in [3.05, 3.63) is 71.4 Å². The van der Waals surface area contributed by atoms with Crippen molar-refractivity contribution in [2.45, 2.75) is 44.7 Å². The van der Waals surface area contributed by atoms with E-state index < -0.39 is 6.04 Å². The molecule has 1 fully saturated rings. The molecule has 2 atom stereocenters. The minimum atomic E-state index is -0.512. The van der Waals surface area contributed by atoms with Crippen LogP contribution in [0.1, 0.15) is 60.1 Å². The first kappa shape index (κ1) is 19.9. The van der Waals surface area contributed by atoms with Gasteiger partial charge in [-0.2, -0.15) is 0 Å². The van der Waals surface area contributed by atoms with Crippen LogP contribution < -0.4 is 0 Å². The summed E-state index contributed by atoms with van der Waals surface area (Å²) in [5.41, 5.74) is 3.89. The maximum Gasteiger partial charge on any atom is 0.255 e. The van der Waals surface area contributed by atoms with Crippen LogP contribution in [0.25, 0.3) is 10.9 Å². The van der Waals surface area contributed by atoms with Gasteiger partial charge in [0, 0.05) is 48.4 Å². The quantitative estimate of drug-likeness (QED) is 0.632. The first-order chi connectivity index (χ1) is 15.1. The van der Waals surface area contributed by atoms with E-state index in [-0.39, 0.29) is 17.9 Å². The molecule has 2 aliphatic rings. The van der Waals surface area contributed by atoms with E-state index in [1.165, 1.54) is 12.8 Å². The summed E-state index contributed by atoms with van der Waals surface area (Å²) >= 11 is 0. The number of nitrogens with zero attached hydrogens (tertiary/aromatic N) is 3. The summed E-state index contributed by atoms with van der Waals surface area (Å²) in [5, 5.41) is 1.12. The zero-order valence-corrected chi connectivity index (χ0v) is 18.3. The van der Waals surface area contributed by atoms with Gasteiger partial charge >= 0.3 is 0 Å². The molecule has 0 saturated carbocycles. The molecular formula is C26H29N3O2. The van der Waals surface area contributed by atoms with Gasteiger partial charge in [-0.05, 0) is 37.5 Å². The molecule has 5 rings (SSSR count). The molecule has 0 radical (unpaired) electrons. The van der Waals surface area contributed by atoms with Crippen LogP contribution in [-0.2, 0) is 11.8 Å². The van der Waals surface area contributed by atoms with E-state index >= 15 is 0 Å². The van der Waals surface area contributed by atoms with Gasteiger partial charge in [-0.3, -0.25) is 9.59 Å². The van der Waals surface area contributed by atoms with Crippen LogP contribution in [0.15, 0.2) is 54.7 Å². The lowest BCUT2D eigenvalue weighted by molar-refractivity contribution is -0.135. The second kappa shape index (κ2) is 7.88. The zero-order valence-electron chi connectivity index (χ0n) is 18.3. The van der Waals surface area contributed by atoms with E-state index in [2.05, 4.69) is 22.9 Å². The van der Waals surface area contributed by atoms with Crippen molar-refractivity contribution in [1.29, 1.82) is 0 Å². The smallest absolute Gasteiger partial charge is 0.255 e. The summed E-state index contributed by atoms with van der Waals surface area (Å²) in [6.07, 6.45) is 6.54. The Kier molecular flexibility index (Phi) is 5.05. The molecule has 2 aromatic carbocycles. The number of likely N-dealkylation sites (tertiary alicyclic amines) is 1. The lowest BCUT2D eigenvalue weighted by Crippen LogP contribution is -2.49. The Morgan fingerprint density at radius 1 is 0.935 bits per heavy atom. The Morgan fingerprint density at radius 2 is 1.61 bits per heavy atom. The molecule has 31 heavy (non-hydrogen) atoms. The first-order valence-corrected chi connectivity index (χ1v) is 11.3. The predicted octanol–water partition coefficient (Wildman–Crippen LogP) is 4.51. The summed E-state index contributed by atoms with van der Waals surface area (Å²) in [6, 6.07) is 15.3. The molecule has 160 valence electrons. The van der Waals surface area contributed by atoms with Crippen molar-refractivity contribution in [3.8, 4) is 0 Å². The second-order valence-corrected chi connectivity index (χ2v) is 8.83. The molecule has 0 N–H and O–H groups in total. The zero-order chi connectivity index (χ0) is 21.5. The third kappa shape index (κ3) is 3.23. The molecule has 5 nitrogen and oxygen atoms in total. The molecule has 0 bridgehead atoms. The molecule has 5 heteroatoms. The van der Waals surface area contributed by atoms with Crippen molar-refractivity contribution < 1.29 is 9.59 Å². The second-order valence-electron chi connectivity index (χ2n) is 8.83. The van der Waals surface area contributed by atoms with Crippen LogP contribution in [0.3, 0.4) is 0 Å². The van der Waals surface area contributed by atoms with Crippen LogP contribution in [0.4, 0.5) is 0 Å². The molecule has 0 aliphatic carbocycles. The molecule has 3 heterocycles. The van der Waals surface area contributed by atoms with Crippen LogP contribution in [0.5, 0.6) is 0 Å². The van der Waals surface area contributed by atoms with Crippen molar-refractivity contribution in [1.82, 2.24) is 14.4 Å². The number of aryl methyl sites for hydroxylation is 1. The molecule has 1 aromatic heterocycles. The van der Waals surface area contributed by atoms with E-state index in [0.29, 0.717) is 5.56 Å². The minimum Gasteiger partial charge on any atom is -0.350 e. The number of para-hydroxylation sites is 1. The Labute approximate surface area is 183 Å². The highest BCUT2D eigenvalue weighted by atomic mass is 16.2. The average molecular weight is 416 g/mol. The molecule has 0 unspecified atom stereocenters. The van der Waals surface area contributed by atoms with Crippen molar-refractivity contribution in [2.24, 2.45) is 7.05 Å². The molecular weight excluding hydrogens is 386 g/mol. The summed E-state index contributed by atoms with van der Waals surface area (Å²) in [7, 11) is 2.03. The Hall–Kier alpha value is -3.08. The van der Waals surface area contributed by atoms with E-state index in [4.69, 9.17) is 0 Å². The summed E-state index contributed by atoms with van der Waals surface area (Å²) in [5.74, 6) is 0.0116. The summed E-state index contributed by atoms with van der Waals surface area (Å²) in [4.78, 5) is 30.9. The van der Waals surface area contributed by atoms with Crippen LogP contribution in [-0.4, -0.2) is 45.3 Å². The molecule has 2 aliphatic heterocycles. The number of rotatable bonds is 3. The van der Waals surface area contributed by atoms with Gasteiger partial charge in [-0.1, -0.05) is 49.2 Å². The number of benzene rings is 2. The van der Waals surface area contributed by atoms with Gasteiger partial charge in [-0.25, -0.2) is 0 Å². The largest absolute Gasteiger partial charge is 0.350 e. The fraction of sp³-hybridized carbons (Fsp3) is 0.385. The van der Waals surface area contributed by atoms with E-state index in [1.807, 2.05) is 60.2 Å². The number of carbonyl (C=O) groups excluding carboxylic acids is 2. The van der Waals surface area contributed by atoms with E-state index in [9.17, 15) is 9.59 Å². The fourth-order valence-corrected chi connectivity index (χ4v) is 5.32. The lowest BCUT2D eigenvalue weighted by Gasteiger charge is -2.34. The minimum absolute atomic E-state index is 0.0517. The van der Waals surface area contributed by atoms with E-state index in [1.54, 1.807) is 0 Å². The van der Waals surface area contributed by atoms with Crippen molar-refractivity contribution in [2.75, 3.05) is 13.1 Å². The Balaban J connectivity index is 1.60. The van der Waals surface area contributed by atoms with Crippen LogP contribution in [0.2, 0.25) is 0 Å². The number of aromatic nitrogens is 1. The summed E-state index contributed by atoms with van der Waals surface area (Å²) in [6.45, 7) is 3.48. The maximum absolute atomic E-state index is 13.6. The fourth-order valence-electron chi connectivity index (χ4n) is 5.32. The average Bonchev–Trinajstić information content (AvgIpc) is 3.12. The van der Waals surface area contributed by atoms with Crippen molar-refractivity contribution in [3.63, 3.8) is 0 Å². The van der Waals surface area contributed by atoms with Crippen LogP contribution >= 0.6 is 0 Å². The topological polar surface area (TPSA) is 45.6 Å². The van der Waals surface area contributed by atoms with Gasteiger partial charge in [0.25, 0.3) is 5.91 Å². The van der Waals surface area contributed by atoms with Crippen LogP contribution in [0, 0.1) is 0 Å². The Morgan fingerprint density at radius 3 is 2.39 bits per heavy atom. The third-order valence-corrected chi connectivity index (χ3v) is 6.91. The number of fused-ring (bicyclic) bond motifs is 2. The van der Waals surface area contributed by atoms with E-state index in [0.717, 1.165) is 48.0 Å². The molecule has 2 amide bonds. The number of carbonyl (C=O) groups is 2. The highest BCUT2D eigenvalue weighted by Crippen LogP contribution is 2.43. The third-order valence-electron chi connectivity index (χ3n) is 6.91.